The van der Waals surface area contributed by atoms with Crippen LogP contribution >= 0.6 is 0 Å². The van der Waals surface area contributed by atoms with Crippen LogP contribution in [0.4, 0.5) is 4.79 Å². The summed E-state index contributed by atoms with van der Waals surface area (Å²) in [7, 11) is -0.526. The quantitative estimate of drug-likeness (QED) is 0.659. The Morgan fingerprint density at radius 2 is 1.91 bits per heavy atom. The van der Waals surface area contributed by atoms with Gasteiger partial charge >= 0.3 is 13.2 Å². The number of nitrogens with zero attached hydrogens (tertiary/aromatic N) is 2. The van der Waals surface area contributed by atoms with Crippen LogP contribution in [0.25, 0.3) is 0 Å². The van der Waals surface area contributed by atoms with Gasteiger partial charge in [0.15, 0.2) is 0 Å². The largest absolute Gasteiger partial charge is 0.494 e. The van der Waals surface area contributed by atoms with Crippen LogP contribution in [0.2, 0.25) is 0 Å². The summed E-state index contributed by atoms with van der Waals surface area (Å²) in [6.45, 7) is 15.3. The molecule has 0 bridgehead atoms. The first-order valence-electron chi connectivity index (χ1n) is 11.3. The fourth-order valence-corrected chi connectivity index (χ4v) is 3.79. The van der Waals surface area contributed by atoms with Crippen molar-refractivity contribution >= 4 is 18.7 Å². The second kappa shape index (κ2) is 8.95. The van der Waals surface area contributed by atoms with E-state index in [1.807, 2.05) is 54.5 Å². The lowest BCUT2D eigenvalue weighted by atomic mass is 9.78. The summed E-state index contributed by atoms with van der Waals surface area (Å²) in [5, 5.41) is 9.67. The van der Waals surface area contributed by atoms with Gasteiger partial charge in [-0.3, -0.25) is 0 Å². The fraction of sp³-hybridized carbons (Fsp3) is 0.667. The molecule has 2 saturated heterocycles. The van der Waals surface area contributed by atoms with Gasteiger partial charge < -0.3 is 23.7 Å². The van der Waals surface area contributed by atoms with Gasteiger partial charge in [0.05, 0.1) is 23.4 Å². The second-order valence-electron chi connectivity index (χ2n) is 10.7. The minimum atomic E-state index is -0.526. The summed E-state index contributed by atoms with van der Waals surface area (Å²) in [5.41, 5.74) is -0.166. The van der Waals surface area contributed by atoms with Gasteiger partial charge in [-0.1, -0.05) is 6.07 Å². The molecule has 8 heteroatoms. The number of amides is 1. The lowest BCUT2D eigenvalue weighted by Gasteiger charge is -2.34. The molecule has 2 aliphatic heterocycles. The minimum Gasteiger partial charge on any atom is -0.492 e. The summed E-state index contributed by atoms with van der Waals surface area (Å²) in [4.78, 5) is 14.1. The van der Waals surface area contributed by atoms with Gasteiger partial charge in [-0.15, -0.1) is 0 Å². The molecule has 0 radical (unpaired) electrons. The van der Waals surface area contributed by atoms with Gasteiger partial charge in [-0.05, 0) is 78.9 Å². The average molecular weight is 442 g/mol. The summed E-state index contributed by atoms with van der Waals surface area (Å²) in [6.07, 6.45) is 1.58. The van der Waals surface area contributed by atoms with Crippen molar-refractivity contribution in [2.24, 2.45) is 5.92 Å². The van der Waals surface area contributed by atoms with Crippen molar-refractivity contribution in [3.8, 4) is 11.8 Å². The van der Waals surface area contributed by atoms with E-state index in [2.05, 4.69) is 6.07 Å². The van der Waals surface area contributed by atoms with E-state index in [4.69, 9.17) is 18.8 Å². The Morgan fingerprint density at radius 3 is 2.50 bits per heavy atom. The highest BCUT2D eigenvalue weighted by molar-refractivity contribution is 6.62. The average Bonchev–Trinajstić information content (AvgIpc) is 2.92. The first kappa shape index (κ1) is 24.4. The molecule has 3 rings (SSSR count). The molecule has 0 aromatic heterocycles. The Bertz CT molecular complexity index is 871. The zero-order chi connectivity index (χ0) is 23.7. The molecule has 1 aromatic carbocycles. The van der Waals surface area contributed by atoms with Crippen LogP contribution in [0.1, 0.15) is 66.9 Å². The third kappa shape index (κ3) is 5.57. The molecule has 32 heavy (non-hydrogen) atoms. The van der Waals surface area contributed by atoms with Gasteiger partial charge in [0.25, 0.3) is 0 Å². The van der Waals surface area contributed by atoms with Crippen molar-refractivity contribution < 1.29 is 23.6 Å². The molecule has 2 aliphatic rings. The number of hydrogen-bond donors (Lipinski definition) is 0. The molecule has 2 heterocycles. The Balaban J connectivity index is 1.62. The Labute approximate surface area is 192 Å². The number of benzene rings is 1. The number of carbonyl (C=O) groups excluding carboxylic acids is 1. The number of rotatable bonds is 4. The molecule has 1 unspecified atom stereocenters. The molecule has 7 nitrogen and oxygen atoms in total. The van der Waals surface area contributed by atoms with Crippen molar-refractivity contribution in [1.82, 2.24) is 4.90 Å². The Morgan fingerprint density at radius 1 is 1.25 bits per heavy atom. The summed E-state index contributed by atoms with van der Waals surface area (Å²) in [5.74, 6) is 0.716. The van der Waals surface area contributed by atoms with Crippen LogP contribution in [0.5, 0.6) is 5.75 Å². The van der Waals surface area contributed by atoms with Crippen LogP contribution in [0.3, 0.4) is 0 Å². The Kier molecular flexibility index (Phi) is 6.83. The van der Waals surface area contributed by atoms with Crippen molar-refractivity contribution in [2.45, 2.75) is 78.1 Å². The number of likely N-dealkylation sites (tertiary alicyclic amines) is 1. The van der Waals surface area contributed by atoms with Crippen LogP contribution < -0.4 is 10.2 Å². The highest BCUT2D eigenvalue weighted by Gasteiger charge is 2.51. The summed E-state index contributed by atoms with van der Waals surface area (Å²) >= 11 is 0. The van der Waals surface area contributed by atoms with Crippen molar-refractivity contribution in [3.63, 3.8) is 0 Å². The van der Waals surface area contributed by atoms with E-state index in [0.717, 1.165) is 18.3 Å². The zero-order valence-corrected chi connectivity index (χ0v) is 20.4. The molecule has 174 valence electrons. The highest BCUT2D eigenvalue weighted by atomic mass is 16.7. The number of nitriles is 1. The van der Waals surface area contributed by atoms with Crippen molar-refractivity contribution in [2.75, 3.05) is 19.7 Å². The first-order valence-corrected chi connectivity index (χ1v) is 11.3. The lowest BCUT2D eigenvalue weighted by Crippen LogP contribution is -2.44. The van der Waals surface area contributed by atoms with Crippen LogP contribution in [-0.4, -0.2) is 54.6 Å². The second-order valence-corrected chi connectivity index (χ2v) is 10.7. The fourth-order valence-electron chi connectivity index (χ4n) is 3.79. The van der Waals surface area contributed by atoms with Crippen molar-refractivity contribution in [3.05, 3.63) is 23.8 Å². The summed E-state index contributed by atoms with van der Waals surface area (Å²) in [6, 6.07) is 7.67. The molecule has 0 spiro atoms. The van der Waals surface area contributed by atoms with Gasteiger partial charge in [-0.25, -0.2) is 4.79 Å². The maximum Gasteiger partial charge on any atom is 0.494 e. The lowest BCUT2D eigenvalue weighted by molar-refractivity contribution is 0.00578. The van der Waals surface area contributed by atoms with Gasteiger partial charge in [0.1, 0.15) is 17.4 Å². The molecule has 1 amide bonds. The third-order valence-corrected chi connectivity index (χ3v) is 6.29. The van der Waals surface area contributed by atoms with Crippen LogP contribution in [-0.2, 0) is 14.0 Å². The van der Waals surface area contributed by atoms with E-state index in [9.17, 15) is 10.1 Å². The number of piperidine rings is 1. The smallest absolute Gasteiger partial charge is 0.492 e. The predicted octanol–water partition coefficient (Wildman–Crippen LogP) is 3.88. The van der Waals surface area contributed by atoms with Gasteiger partial charge in [-0.2, -0.15) is 5.26 Å². The Hall–Kier alpha value is -2.24. The standard InChI is InChI=1S/C24H35BN2O5/c1-22(2,3)30-21(28)27-12-8-9-17(15-27)16-29-20-11-10-19(13-18(20)14-26)25-31-23(4,5)24(6,7)32-25/h10-11,13,17H,8-9,12,15-16H2,1-7H3. The van der Waals surface area contributed by atoms with E-state index >= 15 is 0 Å². The molecular formula is C24H35BN2O5. The van der Waals surface area contributed by atoms with E-state index in [1.165, 1.54) is 0 Å². The van der Waals surface area contributed by atoms with Gasteiger partial charge in [0.2, 0.25) is 0 Å². The SMILES string of the molecule is CC(C)(C)OC(=O)N1CCCC(COc2ccc(B3OC(C)(C)C(C)(C)O3)cc2C#N)C1. The van der Waals surface area contributed by atoms with E-state index in [-0.39, 0.29) is 12.0 Å². The van der Waals surface area contributed by atoms with Crippen LogP contribution in [0.15, 0.2) is 18.2 Å². The molecule has 0 aliphatic carbocycles. The minimum absolute atomic E-state index is 0.186. The first-order chi connectivity index (χ1) is 14.8. The monoisotopic (exact) mass is 442 g/mol. The maximum atomic E-state index is 12.4. The van der Waals surface area contributed by atoms with Crippen molar-refractivity contribution in [1.29, 1.82) is 5.26 Å². The molecular weight excluding hydrogens is 407 g/mol. The maximum absolute atomic E-state index is 12.4. The number of hydrogen-bond acceptors (Lipinski definition) is 6. The zero-order valence-electron chi connectivity index (χ0n) is 20.4. The topological polar surface area (TPSA) is 81.0 Å². The molecule has 1 aromatic rings. The number of carbonyl (C=O) groups is 1. The molecule has 1 atom stereocenters. The van der Waals surface area contributed by atoms with E-state index in [1.54, 1.807) is 17.0 Å². The number of ether oxygens (including phenoxy) is 2. The van der Waals surface area contributed by atoms with E-state index < -0.39 is 23.9 Å². The third-order valence-electron chi connectivity index (χ3n) is 6.29. The van der Waals surface area contributed by atoms with E-state index in [0.29, 0.717) is 31.0 Å². The summed E-state index contributed by atoms with van der Waals surface area (Å²) < 4.78 is 23.7. The predicted molar refractivity (Wildman–Crippen MR) is 123 cm³/mol. The van der Waals surface area contributed by atoms with Crippen LogP contribution in [0, 0.1) is 17.2 Å². The molecule has 2 fully saturated rings. The molecule has 0 N–H and O–H groups in total. The highest BCUT2D eigenvalue weighted by Crippen LogP contribution is 2.36. The normalized spacial score (nSPS) is 22.4. The van der Waals surface area contributed by atoms with Gasteiger partial charge in [0, 0.05) is 19.0 Å². The molecule has 0 saturated carbocycles.